The van der Waals surface area contributed by atoms with Crippen LogP contribution in [0.25, 0.3) is 10.8 Å². The van der Waals surface area contributed by atoms with E-state index in [0.29, 0.717) is 5.75 Å². The standard InChI is InChI=1S/C28H29NO/c1-3-12-22-21-16-8-9-17-23(21)28(29-25(22)13-4-2)27(20-14-6-5-7-15-20)24-18-10-11-19-26(24)30/h5-11,14-19,27,30H,3-4,12-13H2,1-2H3. The molecule has 2 nitrogen and oxygen atoms in total. The Bertz CT molecular complexity index is 1130. The van der Waals surface area contributed by atoms with Crippen molar-refractivity contribution in [2.45, 2.75) is 45.4 Å². The van der Waals surface area contributed by atoms with E-state index in [1.54, 1.807) is 6.07 Å². The molecule has 0 saturated carbocycles. The van der Waals surface area contributed by atoms with Gasteiger partial charge in [-0.15, -0.1) is 0 Å². The van der Waals surface area contributed by atoms with Gasteiger partial charge in [0.1, 0.15) is 5.75 Å². The van der Waals surface area contributed by atoms with Gasteiger partial charge in [0.15, 0.2) is 0 Å². The minimum atomic E-state index is -0.122. The lowest BCUT2D eigenvalue weighted by Gasteiger charge is -2.23. The topological polar surface area (TPSA) is 33.1 Å². The Hall–Kier alpha value is -3.13. The summed E-state index contributed by atoms with van der Waals surface area (Å²) in [5.74, 6) is 0.190. The fourth-order valence-corrected chi connectivity index (χ4v) is 4.45. The van der Waals surface area contributed by atoms with E-state index in [1.165, 1.54) is 22.0 Å². The molecule has 152 valence electrons. The number of pyridine rings is 1. The molecule has 0 amide bonds. The van der Waals surface area contributed by atoms with Gasteiger partial charge in [-0.3, -0.25) is 4.98 Å². The number of fused-ring (bicyclic) bond motifs is 1. The highest BCUT2D eigenvalue weighted by molar-refractivity contribution is 5.89. The van der Waals surface area contributed by atoms with Crippen molar-refractivity contribution in [1.29, 1.82) is 0 Å². The highest BCUT2D eigenvalue weighted by atomic mass is 16.3. The molecular weight excluding hydrogens is 366 g/mol. The maximum absolute atomic E-state index is 10.8. The molecule has 30 heavy (non-hydrogen) atoms. The van der Waals surface area contributed by atoms with Gasteiger partial charge in [-0.2, -0.15) is 0 Å². The quantitative estimate of drug-likeness (QED) is 0.364. The lowest BCUT2D eigenvalue weighted by atomic mass is 9.84. The first-order valence-electron chi connectivity index (χ1n) is 11.0. The second-order valence-corrected chi connectivity index (χ2v) is 7.87. The van der Waals surface area contributed by atoms with E-state index in [4.69, 9.17) is 4.98 Å². The molecule has 0 aliphatic rings. The van der Waals surface area contributed by atoms with Crippen molar-refractivity contribution in [3.8, 4) is 5.75 Å². The monoisotopic (exact) mass is 395 g/mol. The van der Waals surface area contributed by atoms with Crippen molar-refractivity contribution in [3.63, 3.8) is 0 Å². The summed E-state index contributed by atoms with van der Waals surface area (Å²) < 4.78 is 0. The lowest BCUT2D eigenvalue weighted by molar-refractivity contribution is 0.467. The Morgan fingerprint density at radius 3 is 2.07 bits per heavy atom. The Morgan fingerprint density at radius 2 is 1.37 bits per heavy atom. The fraction of sp³-hybridized carbons (Fsp3) is 0.250. The van der Waals surface area contributed by atoms with E-state index in [9.17, 15) is 5.11 Å². The summed E-state index contributed by atoms with van der Waals surface area (Å²) in [5, 5.41) is 13.2. The number of aryl methyl sites for hydroxylation is 2. The van der Waals surface area contributed by atoms with E-state index in [0.717, 1.165) is 42.5 Å². The van der Waals surface area contributed by atoms with Crippen LogP contribution in [0, 0.1) is 0 Å². The highest BCUT2D eigenvalue weighted by Gasteiger charge is 2.25. The van der Waals surface area contributed by atoms with Crippen molar-refractivity contribution in [1.82, 2.24) is 4.98 Å². The van der Waals surface area contributed by atoms with Crippen LogP contribution in [-0.4, -0.2) is 10.1 Å². The van der Waals surface area contributed by atoms with Gasteiger partial charge in [-0.25, -0.2) is 0 Å². The molecule has 0 saturated heterocycles. The van der Waals surface area contributed by atoms with Gasteiger partial charge in [-0.05, 0) is 35.4 Å². The third kappa shape index (κ3) is 3.82. The van der Waals surface area contributed by atoms with Crippen molar-refractivity contribution in [3.05, 3.63) is 107 Å². The number of hydrogen-bond donors (Lipinski definition) is 1. The van der Waals surface area contributed by atoms with Crippen molar-refractivity contribution >= 4 is 10.8 Å². The number of aromatic hydroxyl groups is 1. The molecule has 0 bridgehead atoms. The first kappa shape index (κ1) is 20.2. The molecule has 0 aliphatic heterocycles. The first-order chi connectivity index (χ1) is 14.7. The fourth-order valence-electron chi connectivity index (χ4n) is 4.45. The van der Waals surface area contributed by atoms with Crippen LogP contribution in [0.4, 0.5) is 0 Å². The number of phenolic OH excluding ortho intramolecular Hbond substituents is 1. The van der Waals surface area contributed by atoms with E-state index in [1.807, 2.05) is 24.3 Å². The van der Waals surface area contributed by atoms with Gasteiger partial charge >= 0.3 is 0 Å². The smallest absolute Gasteiger partial charge is 0.119 e. The SMILES string of the molecule is CCCc1nc(C(c2ccccc2)c2ccccc2O)c2ccccc2c1CCC. The molecule has 3 aromatic carbocycles. The van der Waals surface area contributed by atoms with E-state index >= 15 is 0 Å². The number of para-hydroxylation sites is 1. The molecule has 0 aliphatic carbocycles. The molecule has 0 radical (unpaired) electrons. The highest BCUT2D eigenvalue weighted by Crippen LogP contribution is 2.40. The zero-order valence-corrected chi connectivity index (χ0v) is 17.8. The maximum Gasteiger partial charge on any atom is 0.119 e. The molecule has 2 heteroatoms. The van der Waals surface area contributed by atoms with Gasteiger partial charge in [0.25, 0.3) is 0 Å². The molecular formula is C28H29NO. The molecule has 4 rings (SSSR count). The number of aromatic nitrogens is 1. The summed E-state index contributed by atoms with van der Waals surface area (Å²) >= 11 is 0. The predicted molar refractivity (Wildman–Crippen MR) is 125 cm³/mol. The average Bonchev–Trinajstić information content (AvgIpc) is 2.78. The van der Waals surface area contributed by atoms with Crippen LogP contribution in [0.2, 0.25) is 0 Å². The number of rotatable bonds is 7. The van der Waals surface area contributed by atoms with Crippen LogP contribution < -0.4 is 0 Å². The average molecular weight is 396 g/mol. The summed E-state index contributed by atoms with van der Waals surface area (Å²) in [7, 11) is 0. The number of phenols is 1. The minimum absolute atomic E-state index is 0.122. The summed E-state index contributed by atoms with van der Waals surface area (Å²) in [6.07, 6.45) is 4.17. The van der Waals surface area contributed by atoms with Crippen LogP contribution >= 0.6 is 0 Å². The second kappa shape index (κ2) is 9.13. The third-order valence-corrected chi connectivity index (χ3v) is 5.77. The minimum Gasteiger partial charge on any atom is -0.508 e. The number of hydrogen-bond acceptors (Lipinski definition) is 2. The Kier molecular flexibility index (Phi) is 6.13. The van der Waals surface area contributed by atoms with Crippen LogP contribution in [-0.2, 0) is 12.8 Å². The zero-order valence-electron chi connectivity index (χ0n) is 17.8. The number of benzene rings is 3. The molecule has 4 aromatic rings. The van der Waals surface area contributed by atoms with E-state index in [-0.39, 0.29) is 5.92 Å². The van der Waals surface area contributed by atoms with Gasteiger partial charge in [0.2, 0.25) is 0 Å². The third-order valence-electron chi connectivity index (χ3n) is 5.77. The lowest BCUT2D eigenvalue weighted by Crippen LogP contribution is -2.11. The number of nitrogens with zero attached hydrogens (tertiary/aromatic N) is 1. The molecule has 1 N–H and O–H groups in total. The Morgan fingerprint density at radius 1 is 0.733 bits per heavy atom. The van der Waals surface area contributed by atoms with Crippen molar-refractivity contribution < 1.29 is 5.11 Å². The molecule has 0 spiro atoms. The van der Waals surface area contributed by atoms with Gasteiger partial charge in [-0.1, -0.05) is 99.5 Å². The first-order valence-corrected chi connectivity index (χ1v) is 11.0. The molecule has 1 aromatic heterocycles. The zero-order chi connectivity index (χ0) is 20.9. The largest absolute Gasteiger partial charge is 0.508 e. The van der Waals surface area contributed by atoms with E-state index in [2.05, 4.69) is 62.4 Å². The molecule has 1 heterocycles. The normalized spacial score (nSPS) is 12.2. The van der Waals surface area contributed by atoms with Crippen LogP contribution in [0.5, 0.6) is 5.75 Å². The summed E-state index contributed by atoms with van der Waals surface area (Å²) in [4.78, 5) is 5.29. The molecule has 1 atom stereocenters. The molecule has 1 unspecified atom stereocenters. The second-order valence-electron chi connectivity index (χ2n) is 7.87. The summed E-state index contributed by atoms with van der Waals surface area (Å²) in [6, 6.07) is 26.7. The Balaban J connectivity index is 2.05. The van der Waals surface area contributed by atoms with Crippen LogP contribution in [0.1, 0.15) is 60.7 Å². The molecule has 0 fully saturated rings. The van der Waals surface area contributed by atoms with E-state index < -0.39 is 0 Å². The summed E-state index contributed by atoms with van der Waals surface area (Å²) in [5.41, 5.74) is 5.64. The maximum atomic E-state index is 10.8. The summed E-state index contributed by atoms with van der Waals surface area (Å²) in [6.45, 7) is 4.44. The predicted octanol–water partition coefficient (Wildman–Crippen LogP) is 7.03. The van der Waals surface area contributed by atoms with Gasteiger partial charge in [0.05, 0.1) is 11.6 Å². The van der Waals surface area contributed by atoms with Crippen molar-refractivity contribution in [2.24, 2.45) is 0 Å². The van der Waals surface area contributed by atoms with Gasteiger partial charge in [0, 0.05) is 16.6 Å². The van der Waals surface area contributed by atoms with Crippen molar-refractivity contribution in [2.75, 3.05) is 0 Å². The van der Waals surface area contributed by atoms with Crippen LogP contribution in [0.15, 0.2) is 78.9 Å². The van der Waals surface area contributed by atoms with Gasteiger partial charge < -0.3 is 5.11 Å². The Labute approximate surface area is 179 Å². The van der Waals surface area contributed by atoms with Crippen LogP contribution in [0.3, 0.4) is 0 Å².